The number of amides is 1. The summed E-state index contributed by atoms with van der Waals surface area (Å²) in [5.74, 6) is 1.05. The molecule has 0 bridgehead atoms. The van der Waals surface area contributed by atoms with Crippen LogP contribution in [0.25, 0.3) is 0 Å². The van der Waals surface area contributed by atoms with Gasteiger partial charge < -0.3 is 19.1 Å². The van der Waals surface area contributed by atoms with Crippen molar-refractivity contribution in [2.75, 3.05) is 26.3 Å². The molecule has 7 heteroatoms. The van der Waals surface area contributed by atoms with Crippen molar-refractivity contribution in [1.82, 2.24) is 4.90 Å². The van der Waals surface area contributed by atoms with Crippen LogP contribution in [0.3, 0.4) is 0 Å². The Morgan fingerprint density at radius 1 is 0.466 bits per heavy atom. The first kappa shape index (κ1) is 54.2. The van der Waals surface area contributed by atoms with Crippen molar-refractivity contribution in [2.24, 2.45) is 23.7 Å². The lowest BCUT2D eigenvalue weighted by Gasteiger charge is -2.24. The summed E-state index contributed by atoms with van der Waals surface area (Å²) >= 11 is 0. The maximum absolute atomic E-state index is 13.2. The zero-order valence-electron chi connectivity index (χ0n) is 39.7. The van der Waals surface area contributed by atoms with Crippen molar-refractivity contribution in [2.45, 2.75) is 260 Å². The Labute approximate surface area is 360 Å². The second-order valence-corrected chi connectivity index (χ2v) is 19.1. The van der Waals surface area contributed by atoms with E-state index in [2.05, 4.69) is 27.7 Å². The van der Waals surface area contributed by atoms with Crippen molar-refractivity contribution in [3.8, 4) is 0 Å². The van der Waals surface area contributed by atoms with Crippen LogP contribution in [0.15, 0.2) is 0 Å². The summed E-state index contributed by atoms with van der Waals surface area (Å²) in [6.45, 7) is 17.3. The molecule has 342 valence electrons. The van der Waals surface area contributed by atoms with Crippen LogP contribution >= 0.6 is 0 Å². The van der Waals surface area contributed by atoms with Gasteiger partial charge in [0.15, 0.2) is 0 Å². The molecule has 0 aromatic carbocycles. The molecule has 0 N–H and O–H groups in total. The second-order valence-electron chi connectivity index (χ2n) is 19.1. The third-order valence-corrected chi connectivity index (χ3v) is 12.4. The Morgan fingerprint density at radius 2 is 0.776 bits per heavy atom. The number of likely N-dealkylation sites (tertiary alicyclic amines) is 1. The van der Waals surface area contributed by atoms with E-state index in [0.717, 1.165) is 116 Å². The molecule has 1 aliphatic rings. The molecular formula is C51H97NO6. The first-order valence-corrected chi connectivity index (χ1v) is 25.4. The predicted molar refractivity (Wildman–Crippen MR) is 244 cm³/mol. The molecule has 1 heterocycles. The van der Waals surface area contributed by atoms with Gasteiger partial charge in [-0.1, -0.05) is 175 Å². The van der Waals surface area contributed by atoms with E-state index in [0.29, 0.717) is 25.0 Å². The molecule has 1 fully saturated rings. The third kappa shape index (κ3) is 28.6. The van der Waals surface area contributed by atoms with Crippen molar-refractivity contribution >= 4 is 18.0 Å². The minimum atomic E-state index is -0.510. The van der Waals surface area contributed by atoms with Gasteiger partial charge in [0, 0.05) is 13.1 Å². The van der Waals surface area contributed by atoms with Gasteiger partial charge in [-0.25, -0.2) is 4.79 Å². The maximum Gasteiger partial charge on any atom is 0.410 e. The number of hydrogen-bond donors (Lipinski definition) is 0. The minimum Gasteiger partial charge on any atom is -0.465 e. The van der Waals surface area contributed by atoms with Crippen LogP contribution in [0.2, 0.25) is 0 Å². The molecule has 0 spiro atoms. The lowest BCUT2D eigenvalue weighted by atomic mass is 9.87. The summed E-state index contributed by atoms with van der Waals surface area (Å²) in [5.41, 5.74) is -0.510. The van der Waals surface area contributed by atoms with Crippen LogP contribution in [-0.2, 0) is 23.8 Å². The summed E-state index contributed by atoms with van der Waals surface area (Å²) in [5, 5.41) is 0. The molecule has 0 aromatic rings. The molecular weight excluding hydrogens is 723 g/mol. The Kier molecular flexibility index (Phi) is 33.6. The van der Waals surface area contributed by atoms with Gasteiger partial charge in [-0.15, -0.1) is 0 Å². The fraction of sp³-hybridized carbons (Fsp3) is 0.941. The highest BCUT2D eigenvalue weighted by molar-refractivity contribution is 5.72. The molecule has 1 saturated heterocycles. The summed E-state index contributed by atoms with van der Waals surface area (Å²) < 4.78 is 17.5. The van der Waals surface area contributed by atoms with E-state index in [9.17, 15) is 14.4 Å². The number of carbonyl (C=O) groups excluding carboxylic acids is 3. The molecule has 1 aliphatic heterocycles. The van der Waals surface area contributed by atoms with E-state index >= 15 is 0 Å². The van der Waals surface area contributed by atoms with E-state index in [1.807, 2.05) is 25.7 Å². The number of carbonyl (C=O) groups is 3. The van der Waals surface area contributed by atoms with Crippen molar-refractivity contribution < 1.29 is 28.6 Å². The van der Waals surface area contributed by atoms with Gasteiger partial charge in [-0.3, -0.25) is 9.59 Å². The Bertz CT molecular complexity index is 994. The zero-order chi connectivity index (χ0) is 42.7. The van der Waals surface area contributed by atoms with Crippen LogP contribution < -0.4 is 0 Å². The Balaban J connectivity index is 2.55. The van der Waals surface area contributed by atoms with Crippen molar-refractivity contribution in [3.63, 3.8) is 0 Å². The van der Waals surface area contributed by atoms with Gasteiger partial charge in [0.05, 0.1) is 25.0 Å². The van der Waals surface area contributed by atoms with E-state index < -0.39 is 5.60 Å². The quantitative estimate of drug-likeness (QED) is 0.0350. The second kappa shape index (κ2) is 35.9. The van der Waals surface area contributed by atoms with Crippen molar-refractivity contribution in [1.29, 1.82) is 0 Å². The van der Waals surface area contributed by atoms with Gasteiger partial charge >= 0.3 is 18.0 Å². The average Bonchev–Trinajstić information content (AvgIpc) is 3.60. The standard InChI is InChI=1S/C51H97NO6/c1-8-12-16-20-22-28-36-44(34-26-18-14-10-3)48(53)56-40-32-25-24-30-38-46-42-52(50(55)58-51(5,6)7)43-47(46)39-31-33-41-57-49(54)45(35-27-19-15-11-4)37-29-23-21-17-13-9-2/h44-47H,8-43H2,1-7H3. The fourth-order valence-electron chi connectivity index (χ4n) is 8.76. The van der Waals surface area contributed by atoms with Crippen molar-refractivity contribution in [3.05, 3.63) is 0 Å². The third-order valence-electron chi connectivity index (χ3n) is 12.4. The van der Waals surface area contributed by atoms with E-state index in [-0.39, 0.29) is 29.9 Å². The summed E-state index contributed by atoms with van der Waals surface area (Å²) in [7, 11) is 0. The average molecular weight is 820 g/mol. The lowest BCUT2D eigenvalue weighted by molar-refractivity contribution is -0.150. The van der Waals surface area contributed by atoms with Crippen LogP contribution in [-0.4, -0.2) is 54.8 Å². The molecule has 0 radical (unpaired) electrons. The molecule has 0 aromatic heterocycles. The predicted octanol–water partition coefficient (Wildman–Crippen LogP) is 15.4. The van der Waals surface area contributed by atoms with Crippen LogP contribution in [0.5, 0.6) is 0 Å². The van der Waals surface area contributed by atoms with Gasteiger partial charge in [0.1, 0.15) is 5.60 Å². The smallest absolute Gasteiger partial charge is 0.410 e. The highest BCUT2D eigenvalue weighted by atomic mass is 16.6. The van der Waals surface area contributed by atoms with Gasteiger partial charge in [0.25, 0.3) is 0 Å². The summed E-state index contributed by atoms with van der Waals surface area (Å²) in [6.07, 6.45) is 36.5. The van der Waals surface area contributed by atoms with E-state index in [1.165, 1.54) is 103 Å². The number of esters is 2. The van der Waals surface area contributed by atoms with Crippen LogP contribution in [0, 0.1) is 23.7 Å². The largest absolute Gasteiger partial charge is 0.465 e. The SMILES string of the molecule is CCCCCCCCC(CCCCCC)C(=O)OCCCCCCC1CN(C(=O)OC(C)(C)C)CC1CCCCOC(=O)C(CCCCCC)CCCCCCCC. The first-order chi connectivity index (χ1) is 28.1. The Hall–Kier alpha value is -1.79. The van der Waals surface area contributed by atoms with Gasteiger partial charge in [-0.05, 0) is 90.4 Å². The van der Waals surface area contributed by atoms with Crippen LogP contribution in [0.4, 0.5) is 4.79 Å². The highest BCUT2D eigenvalue weighted by Crippen LogP contribution is 2.33. The topological polar surface area (TPSA) is 82.1 Å². The molecule has 0 aliphatic carbocycles. The summed E-state index contributed by atoms with van der Waals surface area (Å²) in [6, 6.07) is 0. The molecule has 0 saturated carbocycles. The van der Waals surface area contributed by atoms with Gasteiger partial charge in [0.2, 0.25) is 0 Å². The monoisotopic (exact) mass is 820 g/mol. The number of rotatable bonds is 38. The minimum absolute atomic E-state index is 0.0186. The highest BCUT2D eigenvalue weighted by Gasteiger charge is 2.36. The normalized spacial score (nSPS) is 16.7. The molecule has 4 unspecified atom stereocenters. The van der Waals surface area contributed by atoms with Crippen LogP contribution in [0.1, 0.15) is 254 Å². The zero-order valence-corrected chi connectivity index (χ0v) is 39.7. The first-order valence-electron chi connectivity index (χ1n) is 25.4. The summed E-state index contributed by atoms with van der Waals surface area (Å²) in [4.78, 5) is 41.3. The van der Waals surface area contributed by atoms with E-state index in [1.54, 1.807) is 0 Å². The molecule has 58 heavy (non-hydrogen) atoms. The maximum atomic E-state index is 13.2. The van der Waals surface area contributed by atoms with Gasteiger partial charge in [-0.2, -0.15) is 0 Å². The lowest BCUT2D eigenvalue weighted by Crippen LogP contribution is -2.35. The number of hydrogen-bond acceptors (Lipinski definition) is 6. The molecule has 7 nitrogen and oxygen atoms in total. The molecule has 4 atom stereocenters. The van der Waals surface area contributed by atoms with E-state index in [4.69, 9.17) is 14.2 Å². The fourth-order valence-corrected chi connectivity index (χ4v) is 8.76. The number of nitrogens with zero attached hydrogens (tertiary/aromatic N) is 1. The Morgan fingerprint density at radius 3 is 1.17 bits per heavy atom. The molecule has 1 rings (SSSR count). The molecule has 1 amide bonds. The number of ether oxygens (including phenoxy) is 3. The number of unbranched alkanes of at least 4 members (excludes halogenated alkanes) is 20.